The summed E-state index contributed by atoms with van der Waals surface area (Å²) >= 11 is 12.6. The molecule has 0 aliphatic carbocycles. The summed E-state index contributed by atoms with van der Waals surface area (Å²) in [5.41, 5.74) is 2.86. The molecule has 0 aromatic heterocycles. The van der Waals surface area contributed by atoms with Gasteiger partial charge < -0.3 is 10.2 Å². The molecule has 1 atom stereocenters. The van der Waals surface area contributed by atoms with Crippen LogP contribution >= 0.6 is 23.2 Å². The van der Waals surface area contributed by atoms with E-state index in [1.54, 1.807) is 17.0 Å². The number of nitrogens with zero attached hydrogens (tertiary/aromatic N) is 1. The smallest absolute Gasteiger partial charge is 0.242 e. The number of carbonyl (C=O) groups excluding carboxylic acids is 2. The van der Waals surface area contributed by atoms with Crippen molar-refractivity contribution in [3.63, 3.8) is 0 Å². The molecule has 2 amide bonds. The first-order chi connectivity index (χ1) is 17.3. The second-order valence-electron chi connectivity index (χ2n) is 9.40. The van der Waals surface area contributed by atoms with Crippen molar-refractivity contribution in [1.29, 1.82) is 0 Å². The van der Waals surface area contributed by atoms with E-state index in [0.29, 0.717) is 28.9 Å². The third-order valence-electron chi connectivity index (χ3n) is 6.21. The van der Waals surface area contributed by atoms with Crippen LogP contribution in [0.2, 0.25) is 10.0 Å². The zero-order valence-electron chi connectivity index (χ0n) is 21.1. The van der Waals surface area contributed by atoms with Crippen LogP contribution in [0.1, 0.15) is 56.2 Å². The van der Waals surface area contributed by atoms with Gasteiger partial charge in [0.1, 0.15) is 6.04 Å². The van der Waals surface area contributed by atoms with E-state index in [0.717, 1.165) is 16.7 Å². The third kappa shape index (κ3) is 7.59. The lowest BCUT2D eigenvalue weighted by molar-refractivity contribution is -0.141. The highest BCUT2D eigenvalue weighted by Crippen LogP contribution is 2.30. The largest absolute Gasteiger partial charge is 0.354 e. The molecule has 0 aliphatic heterocycles. The van der Waals surface area contributed by atoms with Crippen molar-refractivity contribution < 1.29 is 9.59 Å². The SMILES string of the molecule is CC[C@@H](C(=O)NCC(C)C)N(Cc1ccc(Cl)cc1Cl)C(=O)CC(c1ccccc1)c1ccccc1. The molecule has 4 nitrogen and oxygen atoms in total. The average Bonchev–Trinajstić information content (AvgIpc) is 2.88. The Morgan fingerprint density at radius 1 is 0.889 bits per heavy atom. The van der Waals surface area contributed by atoms with Crippen molar-refractivity contribution >= 4 is 35.0 Å². The van der Waals surface area contributed by atoms with Gasteiger partial charge in [-0.05, 0) is 41.2 Å². The van der Waals surface area contributed by atoms with Crippen LogP contribution in [-0.2, 0) is 16.1 Å². The van der Waals surface area contributed by atoms with Gasteiger partial charge in [-0.3, -0.25) is 9.59 Å². The van der Waals surface area contributed by atoms with Crippen LogP contribution < -0.4 is 5.32 Å². The first-order valence-corrected chi connectivity index (χ1v) is 13.2. The van der Waals surface area contributed by atoms with E-state index in [9.17, 15) is 9.59 Å². The molecule has 0 heterocycles. The molecule has 0 saturated heterocycles. The molecule has 0 aliphatic rings. The van der Waals surface area contributed by atoms with Crippen LogP contribution in [0.15, 0.2) is 78.9 Å². The quantitative estimate of drug-likeness (QED) is 0.291. The van der Waals surface area contributed by atoms with E-state index in [4.69, 9.17) is 23.2 Å². The summed E-state index contributed by atoms with van der Waals surface area (Å²) in [7, 11) is 0. The van der Waals surface area contributed by atoms with Crippen LogP contribution in [0.4, 0.5) is 0 Å². The lowest BCUT2D eigenvalue weighted by Gasteiger charge is -2.32. The van der Waals surface area contributed by atoms with Crippen molar-refractivity contribution in [1.82, 2.24) is 10.2 Å². The first kappa shape index (κ1) is 27.8. The van der Waals surface area contributed by atoms with Gasteiger partial charge in [0.25, 0.3) is 0 Å². The minimum absolute atomic E-state index is 0.106. The molecule has 0 bridgehead atoms. The standard InChI is InChI=1S/C30H34Cl2N2O2/c1-4-28(30(36)33-19-21(2)3)34(20-24-15-16-25(31)17-27(24)32)29(35)18-26(22-11-7-5-8-12-22)23-13-9-6-10-14-23/h5-17,21,26,28H,4,18-20H2,1-3H3,(H,33,36)/t28-/m0/s1. The molecule has 190 valence electrons. The summed E-state index contributed by atoms with van der Waals surface area (Å²) in [5, 5.41) is 4.00. The van der Waals surface area contributed by atoms with Gasteiger partial charge in [0.05, 0.1) is 0 Å². The van der Waals surface area contributed by atoms with E-state index in [2.05, 4.69) is 5.32 Å². The maximum atomic E-state index is 14.0. The molecule has 0 fully saturated rings. The summed E-state index contributed by atoms with van der Waals surface area (Å²) in [6.07, 6.45) is 0.718. The Bertz CT molecular complexity index is 1100. The molecule has 0 saturated carbocycles. The normalized spacial score (nSPS) is 12.0. The average molecular weight is 526 g/mol. The number of amides is 2. The maximum Gasteiger partial charge on any atom is 0.242 e. The summed E-state index contributed by atoms with van der Waals surface area (Å²) in [6, 6.07) is 24.6. The Morgan fingerprint density at radius 2 is 1.47 bits per heavy atom. The molecule has 3 rings (SSSR count). The van der Waals surface area contributed by atoms with Crippen molar-refractivity contribution in [3.05, 3.63) is 106 Å². The zero-order chi connectivity index (χ0) is 26.1. The van der Waals surface area contributed by atoms with Gasteiger partial charge in [0.15, 0.2) is 0 Å². The molecular weight excluding hydrogens is 491 g/mol. The number of hydrogen-bond acceptors (Lipinski definition) is 2. The Kier molecular flexibility index (Phi) is 10.4. The van der Waals surface area contributed by atoms with Crippen LogP contribution in [0, 0.1) is 5.92 Å². The van der Waals surface area contributed by atoms with Crippen molar-refractivity contribution in [2.75, 3.05) is 6.54 Å². The molecule has 0 unspecified atom stereocenters. The first-order valence-electron chi connectivity index (χ1n) is 12.4. The number of nitrogens with one attached hydrogen (secondary N) is 1. The second kappa shape index (κ2) is 13.5. The van der Waals surface area contributed by atoms with Crippen LogP contribution in [0.5, 0.6) is 0 Å². The fourth-order valence-corrected chi connectivity index (χ4v) is 4.73. The van der Waals surface area contributed by atoms with Gasteiger partial charge in [0.2, 0.25) is 11.8 Å². The summed E-state index contributed by atoms with van der Waals surface area (Å²) in [4.78, 5) is 28.9. The van der Waals surface area contributed by atoms with E-state index in [1.807, 2.05) is 87.5 Å². The highest BCUT2D eigenvalue weighted by Gasteiger charge is 2.31. The number of halogens is 2. The summed E-state index contributed by atoms with van der Waals surface area (Å²) < 4.78 is 0. The highest BCUT2D eigenvalue weighted by molar-refractivity contribution is 6.35. The predicted octanol–water partition coefficient (Wildman–Crippen LogP) is 7.10. The molecule has 36 heavy (non-hydrogen) atoms. The van der Waals surface area contributed by atoms with Crippen molar-refractivity contribution in [3.8, 4) is 0 Å². The topological polar surface area (TPSA) is 49.4 Å². The van der Waals surface area contributed by atoms with E-state index in [1.165, 1.54) is 0 Å². The molecule has 3 aromatic rings. The van der Waals surface area contributed by atoms with Gasteiger partial charge >= 0.3 is 0 Å². The third-order valence-corrected chi connectivity index (χ3v) is 6.80. The summed E-state index contributed by atoms with van der Waals surface area (Å²) in [6.45, 7) is 6.79. The van der Waals surface area contributed by atoms with E-state index >= 15 is 0 Å². The molecule has 1 N–H and O–H groups in total. The lowest BCUT2D eigenvalue weighted by Crippen LogP contribution is -2.49. The fourth-order valence-electron chi connectivity index (χ4n) is 4.27. The molecular formula is C30H34Cl2N2O2. The molecule has 3 aromatic carbocycles. The van der Waals surface area contributed by atoms with Crippen LogP contribution in [-0.4, -0.2) is 29.3 Å². The van der Waals surface area contributed by atoms with E-state index < -0.39 is 6.04 Å². The number of benzene rings is 3. The summed E-state index contributed by atoms with van der Waals surface area (Å²) in [5.74, 6) is -0.0907. The Hall–Kier alpha value is -2.82. The van der Waals surface area contributed by atoms with Gasteiger partial charge in [-0.1, -0.05) is 111 Å². The second-order valence-corrected chi connectivity index (χ2v) is 10.2. The lowest BCUT2D eigenvalue weighted by atomic mass is 9.88. The van der Waals surface area contributed by atoms with E-state index in [-0.39, 0.29) is 30.7 Å². The number of carbonyl (C=O) groups is 2. The van der Waals surface area contributed by atoms with Crippen molar-refractivity contribution in [2.45, 2.75) is 52.1 Å². The fraction of sp³-hybridized carbons (Fsp3) is 0.333. The molecule has 0 spiro atoms. The maximum absolute atomic E-state index is 14.0. The van der Waals surface area contributed by atoms with Gasteiger partial charge in [-0.2, -0.15) is 0 Å². The van der Waals surface area contributed by atoms with Gasteiger partial charge in [0, 0.05) is 35.5 Å². The molecule has 0 radical (unpaired) electrons. The van der Waals surface area contributed by atoms with Crippen LogP contribution in [0.25, 0.3) is 0 Å². The Labute approximate surface area is 224 Å². The van der Waals surface area contributed by atoms with Gasteiger partial charge in [-0.25, -0.2) is 0 Å². The predicted molar refractivity (Wildman–Crippen MR) is 148 cm³/mol. The number of rotatable bonds is 11. The van der Waals surface area contributed by atoms with Crippen LogP contribution in [0.3, 0.4) is 0 Å². The number of hydrogen-bond donors (Lipinski definition) is 1. The zero-order valence-corrected chi connectivity index (χ0v) is 22.6. The molecule has 6 heteroatoms. The van der Waals surface area contributed by atoms with Gasteiger partial charge in [-0.15, -0.1) is 0 Å². The monoisotopic (exact) mass is 524 g/mol. The minimum atomic E-state index is -0.616. The minimum Gasteiger partial charge on any atom is -0.354 e. The van der Waals surface area contributed by atoms with Crippen molar-refractivity contribution in [2.24, 2.45) is 5.92 Å². The highest BCUT2D eigenvalue weighted by atomic mass is 35.5. The Balaban J connectivity index is 1.96. The Morgan fingerprint density at radius 3 is 1.97 bits per heavy atom.